The molecule has 0 saturated heterocycles. The van der Waals surface area contributed by atoms with E-state index >= 15 is 0 Å². The molecule has 0 heterocycles. The van der Waals surface area contributed by atoms with Crippen LogP contribution in [-0.2, 0) is 22.4 Å². The summed E-state index contributed by atoms with van der Waals surface area (Å²) in [5.74, 6) is 0. The Bertz CT molecular complexity index is 75.7. The van der Waals surface area contributed by atoms with E-state index in [-0.39, 0.29) is 28.4 Å². The van der Waals surface area contributed by atoms with Gasteiger partial charge in [-0.25, -0.2) is 0 Å². The quantitative estimate of drug-likeness (QED) is 0.388. The molecule has 0 amide bonds. The molecule has 0 aromatic carbocycles. The van der Waals surface area contributed by atoms with Crippen LogP contribution < -0.4 is 0 Å². The van der Waals surface area contributed by atoms with Crippen LogP contribution >= 0.6 is 0 Å². The molecule has 0 N–H and O–H groups in total. The van der Waals surface area contributed by atoms with Gasteiger partial charge in [-0.2, -0.15) is 0 Å². The fourth-order valence-corrected chi connectivity index (χ4v) is 0.189. The van der Waals surface area contributed by atoms with Crippen molar-refractivity contribution in [2.75, 3.05) is 0 Å². The largest absolute Gasteiger partial charge is 1.00 e. The van der Waals surface area contributed by atoms with E-state index < -0.39 is 5.03 Å². The molecular formula is C3H7AgN2O2. The van der Waals surface area contributed by atoms with Gasteiger partial charge < -0.3 is 5.43 Å². The van der Waals surface area contributed by atoms with Crippen molar-refractivity contribution in [3.63, 3.8) is 0 Å². The molecule has 0 aliphatic heterocycles. The van der Waals surface area contributed by atoms with E-state index in [1.165, 1.54) is 0 Å². The van der Waals surface area contributed by atoms with Crippen LogP contribution in [0.5, 0.6) is 0 Å². The van der Waals surface area contributed by atoms with Crippen LogP contribution in [0.15, 0.2) is 0 Å². The minimum atomic E-state index is -0.676. The summed E-state index contributed by atoms with van der Waals surface area (Å²) in [4.78, 5) is 9.45. The molecule has 0 radical (unpaired) electrons. The zero-order valence-electron chi connectivity index (χ0n) is 4.59. The fraction of sp³-hybridized carbons (Fsp3) is 1.00. The first-order valence-corrected chi connectivity index (χ1v) is 1.98. The first-order chi connectivity index (χ1) is 3.13. The summed E-state index contributed by atoms with van der Waals surface area (Å²) in [5.41, 5.74) is 3.00. The minimum absolute atomic E-state index is 0. The molecule has 0 aliphatic rings. The maximum Gasteiger partial charge on any atom is 1.00 e. The second-order valence-electron chi connectivity index (χ2n) is 1.45. The van der Waals surface area contributed by atoms with Crippen molar-refractivity contribution in [2.24, 2.45) is 0 Å². The van der Waals surface area contributed by atoms with Crippen molar-refractivity contribution in [3.8, 4) is 0 Å². The molecule has 0 aliphatic carbocycles. The number of hydrogen-bond acceptors (Lipinski definition) is 2. The Morgan fingerprint density at radius 2 is 2.00 bits per heavy atom. The summed E-state index contributed by atoms with van der Waals surface area (Å²) in [6, 6.07) is -0.199. The summed E-state index contributed by atoms with van der Waals surface area (Å²) in [6.07, 6.45) is 0. The second kappa shape index (κ2) is 5.08. The average Bonchev–Trinajstić information content (AvgIpc) is 1.27. The molecule has 0 unspecified atom stereocenters. The summed E-state index contributed by atoms with van der Waals surface area (Å²) < 4.78 is 0. The van der Waals surface area contributed by atoms with Gasteiger partial charge in [-0.1, -0.05) is 19.9 Å². The molecule has 8 heavy (non-hydrogen) atoms. The molecule has 0 atom stereocenters. The van der Waals surface area contributed by atoms with E-state index in [0.717, 1.165) is 0 Å². The molecule has 0 rings (SSSR count). The molecule has 52 valence electrons. The number of nitro groups is 1. The molecular weight excluding hydrogens is 204 g/mol. The Balaban J connectivity index is 0. The monoisotopic (exact) mass is 210 g/mol. The maximum atomic E-state index is 9.45. The van der Waals surface area contributed by atoms with Gasteiger partial charge in [0.2, 0.25) is 0 Å². The van der Waals surface area contributed by atoms with E-state index in [4.69, 9.17) is 0 Å². The predicted molar refractivity (Wildman–Crippen MR) is 25.5 cm³/mol. The zero-order valence-corrected chi connectivity index (χ0v) is 6.07. The standard InChI is InChI=1S/C3H7N2O2.Ag/c1-3(2)4-5(6)7;/h3H,1-2H3;/q-1;+1. The van der Waals surface area contributed by atoms with Crippen LogP contribution in [-0.4, -0.2) is 11.1 Å². The van der Waals surface area contributed by atoms with Crippen molar-refractivity contribution in [2.45, 2.75) is 19.9 Å². The van der Waals surface area contributed by atoms with Crippen LogP contribution in [0.3, 0.4) is 0 Å². The molecule has 0 bridgehead atoms. The normalized spacial score (nSPS) is 7.88. The molecule has 5 heteroatoms. The van der Waals surface area contributed by atoms with Gasteiger partial charge in [0.15, 0.2) is 0 Å². The van der Waals surface area contributed by atoms with Crippen LogP contribution in [0.25, 0.3) is 5.43 Å². The van der Waals surface area contributed by atoms with E-state index in [1.807, 2.05) is 0 Å². The second-order valence-corrected chi connectivity index (χ2v) is 1.45. The van der Waals surface area contributed by atoms with Crippen molar-refractivity contribution in [1.29, 1.82) is 0 Å². The molecule has 0 spiro atoms. The fourth-order valence-electron chi connectivity index (χ4n) is 0.189. The number of rotatable bonds is 2. The third kappa shape index (κ3) is 9.34. The van der Waals surface area contributed by atoms with E-state index in [9.17, 15) is 10.1 Å². The minimum Gasteiger partial charge on any atom is -0.376 e. The number of nitrogens with zero attached hydrogens (tertiary/aromatic N) is 2. The van der Waals surface area contributed by atoms with Gasteiger partial charge in [0.05, 0.1) is 0 Å². The summed E-state index contributed by atoms with van der Waals surface area (Å²) in [6.45, 7) is 3.31. The molecule has 0 aromatic heterocycles. The van der Waals surface area contributed by atoms with Gasteiger partial charge in [0.1, 0.15) is 0 Å². The van der Waals surface area contributed by atoms with Crippen molar-refractivity contribution < 1.29 is 27.4 Å². The third-order valence-corrected chi connectivity index (χ3v) is 0.325. The average molecular weight is 211 g/mol. The zero-order chi connectivity index (χ0) is 5.86. The SMILES string of the molecule is CC(C)[N-][N+](=O)[O-].[Ag+]. The maximum absolute atomic E-state index is 9.45. The Kier molecular flexibility index (Phi) is 6.89. The van der Waals surface area contributed by atoms with Gasteiger partial charge in [-0.3, -0.25) is 10.1 Å². The Hall–Kier alpha value is -0.0597. The van der Waals surface area contributed by atoms with Crippen molar-refractivity contribution in [1.82, 2.24) is 0 Å². The van der Waals surface area contributed by atoms with Gasteiger partial charge in [0, 0.05) is 0 Å². The van der Waals surface area contributed by atoms with Crippen molar-refractivity contribution >= 4 is 0 Å². The van der Waals surface area contributed by atoms with Crippen LogP contribution in [0.1, 0.15) is 13.8 Å². The third-order valence-electron chi connectivity index (χ3n) is 0.325. The van der Waals surface area contributed by atoms with Gasteiger partial charge >= 0.3 is 22.4 Å². The van der Waals surface area contributed by atoms with Crippen LogP contribution in [0, 0.1) is 10.1 Å². The summed E-state index contributed by atoms with van der Waals surface area (Å²) in [7, 11) is 0. The van der Waals surface area contributed by atoms with Crippen LogP contribution in [0.2, 0.25) is 0 Å². The molecule has 0 saturated carbocycles. The summed E-state index contributed by atoms with van der Waals surface area (Å²) in [5, 5.41) is 8.77. The summed E-state index contributed by atoms with van der Waals surface area (Å²) >= 11 is 0. The molecule has 4 nitrogen and oxygen atoms in total. The Labute approximate surface area is 63.3 Å². The molecule has 0 fully saturated rings. The van der Waals surface area contributed by atoms with E-state index in [1.54, 1.807) is 13.8 Å². The van der Waals surface area contributed by atoms with Gasteiger partial charge in [-0.15, -0.1) is 0 Å². The van der Waals surface area contributed by atoms with Gasteiger partial charge in [0.25, 0.3) is 0 Å². The smallest absolute Gasteiger partial charge is 0.376 e. The Morgan fingerprint density at radius 1 is 1.62 bits per heavy atom. The first kappa shape index (κ1) is 10.8. The number of hydrogen-bond donors (Lipinski definition) is 0. The van der Waals surface area contributed by atoms with Crippen LogP contribution in [0.4, 0.5) is 0 Å². The predicted octanol–water partition coefficient (Wildman–Crippen LogP) is 0.958. The van der Waals surface area contributed by atoms with E-state index in [2.05, 4.69) is 5.43 Å². The molecule has 0 aromatic rings. The van der Waals surface area contributed by atoms with Gasteiger partial charge in [-0.05, 0) is 5.03 Å². The first-order valence-electron chi connectivity index (χ1n) is 1.98. The van der Waals surface area contributed by atoms with Crippen molar-refractivity contribution in [3.05, 3.63) is 15.5 Å². The van der Waals surface area contributed by atoms with E-state index in [0.29, 0.717) is 0 Å². The Morgan fingerprint density at radius 3 is 2.00 bits per heavy atom. The topological polar surface area (TPSA) is 57.2 Å².